The van der Waals surface area contributed by atoms with Gasteiger partial charge in [-0.05, 0) is 105 Å². The average Bonchev–Trinajstić information content (AvgIpc) is 4.04. The first-order valence-corrected chi connectivity index (χ1v) is 25.0. The van der Waals surface area contributed by atoms with Crippen molar-refractivity contribution in [2.75, 3.05) is 9.80 Å². The average molecular weight is 1130 g/mol. The Kier molecular flexibility index (Phi) is 11.8. The molecule has 0 spiro atoms. The van der Waals surface area contributed by atoms with Gasteiger partial charge in [0, 0.05) is 83.4 Å². The van der Waals surface area contributed by atoms with Crippen LogP contribution in [0.2, 0.25) is 0 Å². The third-order valence-electron chi connectivity index (χ3n) is 14.3. The summed E-state index contributed by atoms with van der Waals surface area (Å²) in [4.78, 5) is 9.52. The van der Waals surface area contributed by atoms with Gasteiger partial charge in [-0.2, -0.15) is 12.1 Å². The van der Waals surface area contributed by atoms with E-state index in [0.29, 0.717) is 11.5 Å². The Morgan fingerprint density at radius 3 is 1.71 bits per heavy atom. The van der Waals surface area contributed by atoms with E-state index in [1.807, 2.05) is 24.4 Å². The number of ether oxygens (including phenoxy) is 1. The summed E-state index contributed by atoms with van der Waals surface area (Å²) in [6, 6.07) is 70.6. The van der Waals surface area contributed by atoms with Gasteiger partial charge in [-0.3, -0.25) is 0 Å². The van der Waals surface area contributed by atoms with Gasteiger partial charge in [-0.25, -0.2) is 4.98 Å². The van der Waals surface area contributed by atoms with Crippen LogP contribution in [-0.4, -0.2) is 14.1 Å². The van der Waals surface area contributed by atoms with Gasteiger partial charge in [0.05, 0.1) is 11.0 Å². The topological polar surface area (TPSA) is 38.5 Å². The predicted octanol–water partition coefficient (Wildman–Crippen LogP) is 17.6. The largest absolute Gasteiger partial charge is 0.509 e. The van der Waals surface area contributed by atoms with Crippen molar-refractivity contribution < 1.29 is 25.8 Å². The molecule has 0 N–H and O–H groups in total. The number of aromatic nitrogens is 3. The van der Waals surface area contributed by atoms with Crippen LogP contribution in [0.1, 0.15) is 79.0 Å². The molecule has 8 aromatic carbocycles. The van der Waals surface area contributed by atoms with Crippen LogP contribution in [0.15, 0.2) is 182 Å². The van der Waals surface area contributed by atoms with E-state index in [4.69, 9.17) is 9.72 Å². The normalized spacial score (nSPS) is 13.1. The number of hydrogen-bond acceptors (Lipinski definition) is 4. The zero-order valence-electron chi connectivity index (χ0n) is 42.9. The van der Waals surface area contributed by atoms with Gasteiger partial charge in [0.25, 0.3) is 0 Å². The van der Waals surface area contributed by atoms with Crippen molar-refractivity contribution in [3.05, 3.63) is 218 Å². The van der Waals surface area contributed by atoms with E-state index in [9.17, 15) is 0 Å². The molecule has 3 aromatic heterocycles. The van der Waals surface area contributed by atoms with Crippen molar-refractivity contribution in [2.45, 2.75) is 78.6 Å². The van der Waals surface area contributed by atoms with Gasteiger partial charge in [-0.15, -0.1) is 48.1 Å². The summed E-state index contributed by atoms with van der Waals surface area (Å²) in [5, 5.41) is 4.71. The van der Waals surface area contributed by atoms with Gasteiger partial charge in [0.15, 0.2) is 0 Å². The number of benzene rings is 8. The Labute approximate surface area is 443 Å². The van der Waals surface area contributed by atoms with E-state index in [1.165, 1.54) is 38.5 Å². The zero-order valence-corrected chi connectivity index (χ0v) is 45.1. The molecule has 0 saturated heterocycles. The standard InChI is InChI=1S/C66H58N5O.Pt/c1-64(2,3)44-33-34-67-62(39-44)71-59-29-15-12-25-55(59)56-32-31-51(41-61(56)71)72-50-22-17-20-47(40-50)68-42-69(49-37-45(65(4,5)6)36-46(38-49)66(7,8)9)63-52(26-18-30-60(63)68)43-19-16-21-48(35-43)70-57-27-13-10-23-53(57)54-24-11-14-28-58(54)70;/h10-39,42H,1-9H3;/q-3;. The van der Waals surface area contributed by atoms with Crippen molar-refractivity contribution in [3.8, 4) is 34.1 Å². The molecule has 1 aliphatic heterocycles. The molecular formula is C66H58N5OPt-3. The second-order valence-electron chi connectivity index (χ2n) is 22.3. The van der Waals surface area contributed by atoms with Crippen LogP contribution in [-0.2, 0) is 37.3 Å². The Morgan fingerprint density at radius 1 is 0.466 bits per heavy atom. The summed E-state index contributed by atoms with van der Waals surface area (Å²) in [7, 11) is 0. The molecule has 11 aromatic rings. The monoisotopic (exact) mass is 1130 g/mol. The van der Waals surface area contributed by atoms with Gasteiger partial charge in [0.1, 0.15) is 5.82 Å². The molecule has 366 valence electrons. The predicted molar refractivity (Wildman–Crippen MR) is 300 cm³/mol. The molecule has 1 aliphatic rings. The summed E-state index contributed by atoms with van der Waals surface area (Å²) in [5.74, 6) is 2.04. The number of para-hydroxylation sites is 4. The first kappa shape index (κ1) is 47.9. The second kappa shape index (κ2) is 18.0. The number of nitrogens with zero attached hydrogens (tertiary/aromatic N) is 5. The zero-order chi connectivity index (χ0) is 49.7. The minimum atomic E-state index is -0.0742. The molecule has 12 rings (SSSR count). The molecule has 0 bridgehead atoms. The molecule has 0 saturated carbocycles. The van der Waals surface area contributed by atoms with Crippen molar-refractivity contribution in [3.63, 3.8) is 0 Å². The molecule has 0 unspecified atom stereocenters. The van der Waals surface area contributed by atoms with Crippen LogP contribution in [0.3, 0.4) is 0 Å². The van der Waals surface area contributed by atoms with E-state index in [2.05, 4.69) is 258 Å². The Bertz CT molecular complexity index is 3830. The third kappa shape index (κ3) is 8.50. The Morgan fingerprint density at radius 2 is 1.05 bits per heavy atom. The van der Waals surface area contributed by atoms with Crippen LogP contribution in [0.25, 0.3) is 66.2 Å². The Hall–Kier alpha value is -7.40. The van der Waals surface area contributed by atoms with Crippen LogP contribution in [0.5, 0.6) is 11.5 Å². The molecule has 4 heterocycles. The van der Waals surface area contributed by atoms with Crippen molar-refractivity contribution in [2.24, 2.45) is 0 Å². The van der Waals surface area contributed by atoms with E-state index in [1.54, 1.807) is 0 Å². The SMILES string of the molecule is CC(C)(C)c1cc(N2[CH-]N(c3[c-]c(Oc4[c-]c5c(cc4)c4ccccc4n5-c4cc(C(C)(C)C)ccn4)ccc3)c3cccc(-c4cccc(-n5c6ccccc6c6ccccc65)c4)c32)cc(C(C)(C)C)c1.[Pt]. The van der Waals surface area contributed by atoms with E-state index in [0.717, 1.165) is 67.2 Å². The third-order valence-corrected chi connectivity index (χ3v) is 14.3. The summed E-state index contributed by atoms with van der Waals surface area (Å²) in [5.41, 5.74) is 15.4. The van der Waals surface area contributed by atoms with Gasteiger partial charge in [-0.1, -0.05) is 153 Å². The summed E-state index contributed by atoms with van der Waals surface area (Å²) >= 11 is 0. The minimum Gasteiger partial charge on any atom is -0.509 e. The first-order valence-electron chi connectivity index (χ1n) is 25.0. The van der Waals surface area contributed by atoms with Crippen LogP contribution in [0.4, 0.5) is 22.7 Å². The van der Waals surface area contributed by atoms with Crippen LogP contribution < -0.4 is 14.5 Å². The maximum absolute atomic E-state index is 6.76. The fourth-order valence-electron chi connectivity index (χ4n) is 10.4. The molecule has 0 aliphatic carbocycles. The fourth-order valence-corrected chi connectivity index (χ4v) is 10.4. The number of hydrogen-bond donors (Lipinski definition) is 0. The molecule has 0 radical (unpaired) electrons. The van der Waals surface area contributed by atoms with Crippen molar-refractivity contribution in [1.82, 2.24) is 14.1 Å². The molecular weight excluding hydrogens is 1070 g/mol. The summed E-state index contributed by atoms with van der Waals surface area (Å²) in [6.45, 7) is 22.7. The first-order chi connectivity index (χ1) is 34.6. The van der Waals surface area contributed by atoms with E-state index in [-0.39, 0.29) is 37.3 Å². The molecule has 0 atom stereocenters. The fraction of sp³-hybridized carbons (Fsp3) is 0.182. The maximum Gasteiger partial charge on any atom is 0.135 e. The number of fused-ring (bicyclic) bond motifs is 7. The summed E-state index contributed by atoms with van der Waals surface area (Å²) in [6.07, 6.45) is 1.91. The molecule has 0 amide bonds. The van der Waals surface area contributed by atoms with Gasteiger partial charge >= 0.3 is 0 Å². The van der Waals surface area contributed by atoms with Gasteiger partial charge < -0.3 is 23.7 Å². The van der Waals surface area contributed by atoms with Crippen LogP contribution in [0, 0.1) is 18.8 Å². The minimum absolute atomic E-state index is 0. The Balaban J connectivity index is 0.00000574. The maximum atomic E-state index is 6.76. The van der Waals surface area contributed by atoms with E-state index >= 15 is 0 Å². The number of rotatable bonds is 7. The van der Waals surface area contributed by atoms with E-state index < -0.39 is 0 Å². The molecule has 73 heavy (non-hydrogen) atoms. The van der Waals surface area contributed by atoms with Crippen molar-refractivity contribution in [1.29, 1.82) is 0 Å². The van der Waals surface area contributed by atoms with Crippen molar-refractivity contribution >= 4 is 66.4 Å². The summed E-state index contributed by atoms with van der Waals surface area (Å²) < 4.78 is 11.4. The smallest absolute Gasteiger partial charge is 0.135 e. The quantitative estimate of drug-likeness (QED) is 0.149. The molecule has 0 fully saturated rings. The molecule has 7 heteroatoms. The molecule has 6 nitrogen and oxygen atoms in total. The number of anilines is 4. The second-order valence-corrected chi connectivity index (χ2v) is 22.3. The van der Waals surface area contributed by atoms with Crippen LogP contribution >= 0.6 is 0 Å². The van der Waals surface area contributed by atoms with Gasteiger partial charge in [0.2, 0.25) is 0 Å². The number of pyridine rings is 1.